The number of nitrogens with zero attached hydrogens (tertiary/aromatic N) is 2. The Morgan fingerprint density at radius 2 is 1.85 bits per heavy atom. The van der Waals surface area contributed by atoms with E-state index in [2.05, 4.69) is 9.97 Å². The van der Waals surface area contributed by atoms with Gasteiger partial charge >= 0.3 is 0 Å². The van der Waals surface area contributed by atoms with Crippen LogP contribution in [0.3, 0.4) is 0 Å². The fourth-order valence-corrected chi connectivity index (χ4v) is 1.66. The van der Waals surface area contributed by atoms with Gasteiger partial charge in [-0.15, -0.1) is 0 Å². The van der Waals surface area contributed by atoms with Crippen LogP contribution >= 0.6 is 11.6 Å². The van der Waals surface area contributed by atoms with Gasteiger partial charge in [0.1, 0.15) is 0 Å². The molecule has 2 rings (SSSR count). The van der Waals surface area contributed by atoms with E-state index < -0.39 is 0 Å². The van der Waals surface area contributed by atoms with Crippen LogP contribution < -0.4 is 4.74 Å². The summed E-state index contributed by atoms with van der Waals surface area (Å²) < 4.78 is 5.65. The summed E-state index contributed by atoms with van der Waals surface area (Å²) >= 11 is 5.55. The number of hydrogen-bond donors (Lipinski definition) is 0. The van der Waals surface area contributed by atoms with Gasteiger partial charge in [0.15, 0.2) is 5.75 Å². The highest BCUT2D eigenvalue weighted by molar-refractivity contribution is 6.28. The summed E-state index contributed by atoms with van der Waals surface area (Å²) in [5, 5.41) is 0.263. The average molecular weight is 199 g/mol. The molecule has 0 bridgehead atoms. The van der Waals surface area contributed by atoms with Crippen LogP contribution in [-0.2, 0) is 0 Å². The summed E-state index contributed by atoms with van der Waals surface area (Å²) in [4.78, 5) is 7.70. The molecule has 0 spiro atoms. The van der Waals surface area contributed by atoms with Gasteiger partial charge in [-0.2, -0.15) is 0 Å². The summed E-state index contributed by atoms with van der Waals surface area (Å²) in [7, 11) is 0. The number of ether oxygens (including phenoxy) is 1. The third-order valence-corrected chi connectivity index (χ3v) is 2.40. The molecule has 1 fully saturated rings. The van der Waals surface area contributed by atoms with Crippen LogP contribution in [0.1, 0.15) is 25.7 Å². The number of aromatic nitrogens is 2. The fourth-order valence-electron chi connectivity index (χ4n) is 1.56. The predicted octanol–water partition coefficient (Wildman–Crippen LogP) is 2.45. The van der Waals surface area contributed by atoms with Crippen molar-refractivity contribution in [2.24, 2.45) is 0 Å². The number of halogens is 1. The van der Waals surface area contributed by atoms with Gasteiger partial charge < -0.3 is 4.74 Å². The van der Waals surface area contributed by atoms with Gasteiger partial charge in [-0.1, -0.05) is 0 Å². The largest absolute Gasteiger partial charge is 0.487 e. The first-order valence-corrected chi connectivity index (χ1v) is 4.86. The van der Waals surface area contributed by atoms with Crippen LogP contribution in [0.5, 0.6) is 5.75 Å². The van der Waals surface area contributed by atoms with Crippen molar-refractivity contribution in [2.75, 3.05) is 0 Å². The van der Waals surface area contributed by atoms with Crippen molar-refractivity contribution in [1.82, 2.24) is 9.97 Å². The smallest absolute Gasteiger partial charge is 0.222 e. The molecule has 0 saturated heterocycles. The Labute approximate surface area is 82.1 Å². The van der Waals surface area contributed by atoms with Gasteiger partial charge in [-0.25, -0.2) is 9.97 Å². The highest BCUT2D eigenvalue weighted by atomic mass is 35.5. The van der Waals surface area contributed by atoms with E-state index in [0.717, 1.165) is 18.6 Å². The van der Waals surface area contributed by atoms with E-state index in [1.165, 1.54) is 12.8 Å². The lowest BCUT2D eigenvalue weighted by Crippen LogP contribution is -2.11. The highest BCUT2D eigenvalue weighted by Gasteiger charge is 2.16. The van der Waals surface area contributed by atoms with Gasteiger partial charge in [0.05, 0.1) is 18.5 Å². The van der Waals surface area contributed by atoms with Crippen molar-refractivity contribution in [3.05, 3.63) is 17.7 Å². The maximum atomic E-state index is 5.65. The van der Waals surface area contributed by atoms with Crippen LogP contribution in [0.4, 0.5) is 0 Å². The normalized spacial score (nSPS) is 17.6. The lowest BCUT2D eigenvalue weighted by Gasteiger charge is -2.11. The molecule has 0 amide bonds. The zero-order valence-electron chi connectivity index (χ0n) is 7.24. The Hall–Kier alpha value is -0.830. The zero-order valence-corrected chi connectivity index (χ0v) is 8.00. The second kappa shape index (κ2) is 3.92. The summed E-state index contributed by atoms with van der Waals surface area (Å²) in [5.41, 5.74) is 0. The molecule has 13 heavy (non-hydrogen) atoms. The number of hydrogen-bond acceptors (Lipinski definition) is 3. The fraction of sp³-hybridized carbons (Fsp3) is 0.556. The van der Waals surface area contributed by atoms with Crippen LogP contribution in [0.2, 0.25) is 5.28 Å². The van der Waals surface area contributed by atoms with Crippen molar-refractivity contribution >= 4 is 11.6 Å². The monoisotopic (exact) mass is 198 g/mol. The van der Waals surface area contributed by atoms with E-state index in [9.17, 15) is 0 Å². The zero-order chi connectivity index (χ0) is 9.10. The SMILES string of the molecule is Clc1ncc(OC2CCCC2)cn1. The van der Waals surface area contributed by atoms with Crippen molar-refractivity contribution in [2.45, 2.75) is 31.8 Å². The summed E-state index contributed by atoms with van der Waals surface area (Å²) in [5.74, 6) is 0.719. The molecule has 0 aromatic carbocycles. The maximum absolute atomic E-state index is 5.65. The number of rotatable bonds is 2. The molecule has 4 heteroatoms. The van der Waals surface area contributed by atoms with E-state index in [1.54, 1.807) is 12.4 Å². The van der Waals surface area contributed by atoms with Crippen molar-refractivity contribution in [3.63, 3.8) is 0 Å². The minimum Gasteiger partial charge on any atom is -0.487 e. The van der Waals surface area contributed by atoms with E-state index in [-0.39, 0.29) is 5.28 Å². The first-order chi connectivity index (χ1) is 6.34. The molecule has 0 aliphatic heterocycles. The standard InChI is InChI=1S/C9H11ClN2O/c10-9-11-5-8(6-12-9)13-7-3-1-2-4-7/h5-7H,1-4H2. The van der Waals surface area contributed by atoms with Crippen LogP contribution in [-0.4, -0.2) is 16.1 Å². The van der Waals surface area contributed by atoms with Crippen molar-refractivity contribution < 1.29 is 4.74 Å². The lowest BCUT2D eigenvalue weighted by molar-refractivity contribution is 0.208. The average Bonchev–Trinajstić information content (AvgIpc) is 2.62. The minimum atomic E-state index is 0.263. The lowest BCUT2D eigenvalue weighted by atomic mass is 10.3. The Balaban J connectivity index is 1.97. The molecule has 1 aromatic heterocycles. The molecule has 1 aliphatic carbocycles. The molecule has 3 nitrogen and oxygen atoms in total. The minimum absolute atomic E-state index is 0.263. The van der Waals surface area contributed by atoms with Gasteiger partial charge in [-0.05, 0) is 37.3 Å². The highest BCUT2D eigenvalue weighted by Crippen LogP contribution is 2.23. The van der Waals surface area contributed by atoms with Crippen molar-refractivity contribution in [3.8, 4) is 5.75 Å². The second-order valence-corrected chi connectivity index (χ2v) is 3.55. The Morgan fingerprint density at radius 3 is 2.46 bits per heavy atom. The van der Waals surface area contributed by atoms with E-state index in [4.69, 9.17) is 16.3 Å². The molecule has 70 valence electrons. The Kier molecular flexibility index (Phi) is 2.64. The first kappa shape index (κ1) is 8.75. The van der Waals surface area contributed by atoms with E-state index in [1.807, 2.05) is 0 Å². The molecule has 0 atom stereocenters. The van der Waals surface area contributed by atoms with E-state index >= 15 is 0 Å². The summed E-state index contributed by atoms with van der Waals surface area (Å²) in [6.45, 7) is 0. The quantitative estimate of drug-likeness (QED) is 0.685. The first-order valence-electron chi connectivity index (χ1n) is 4.49. The topological polar surface area (TPSA) is 35.0 Å². The molecule has 1 aliphatic rings. The maximum Gasteiger partial charge on any atom is 0.222 e. The molecule has 1 saturated carbocycles. The van der Waals surface area contributed by atoms with Gasteiger partial charge in [0.25, 0.3) is 0 Å². The van der Waals surface area contributed by atoms with Gasteiger partial charge in [0.2, 0.25) is 5.28 Å². The van der Waals surface area contributed by atoms with Crippen LogP contribution in [0, 0.1) is 0 Å². The third-order valence-electron chi connectivity index (χ3n) is 2.20. The van der Waals surface area contributed by atoms with Crippen LogP contribution in [0.15, 0.2) is 12.4 Å². The molecule has 1 aromatic rings. The third kappa shape index (κ3) is 2.31. The van der Waals surface area contributed by atoms with Gasteiger partial charge in [0, 0.05) is 0 Å². The predicted molar refractivity (Wildman–Crippen MR) is 49.9 cm³/mol. The van der Waals surface area contributed by atoms with Crippen molar-refractivity contribution in [1.29, 1.82) is 0 Å². The van der Waals surface area contributed by atoms with E-state index in [0.29, 0.717) is 6.10 Å². The summed E-state index contributed by atoms with van der Waals surface area (Å²) in [6, 6.07) is 0. The molecule has 0 N–H and O–H groups in total. The molecule has 0 radical (unpaired) electrons. The van der Waals surface area contributed by atoms with Gasteiger partial charge in [-0.3, -0.25) is 0 Å². The molecule has 0 unspecified atom stereocenters. The van der Waals surface area contributed by atoms with Crippen LogP contribution in [0.25, 0.3) is 0 Å². The Morgan fingerprint density at radius 1 is 1.23 bits per heavy atom. The molecular formula is C9H11ClN2O. The molecule has 1 heterocycles. The Bertz CT molecular complexity index is 269. The summed E-state index contributed by atoms with van der Waals surface area (Å²) in [6.07, 6.45) is 8.40. The second-order valence-electron chi connectivity index (χ2n) is 3.21. The molecular weight excluding hydrogens is 188 g/mol.